The Labute approximate surface area is 270 Å². The number of rotatable bonds is 13. The standard InChI is InChI=1S/C35H42N4O7/c1-41-30-15-25(16-31(42-2)34(30)45-5)28-13-23(7-9-36-28)19-38-11-12-39(27(21-38)22-40)20-24-8-10-37-29(14-24)26-17-32(43-3)35(46-6)33(18-26)44-4/h7-10,13-18,27,40H,11-12,19-22H2,1-6H3. The fourth-order valence-corrected chi connectivity index (χ4v) is 5.89. The van der Waals surface area contributed by atoms with Gasteiger partial charge in [-0.05, 0) is 59.7 Å². The van der Waals surface area contributed by atoms with Gasteiger partial charge in [-0.2, -0.15) is 0 Å². The molecule has 11 heteroatoms. The first-order chi connectivity index (χ1) is 22.4. The predicted molar refractivity (Wildman–Crippen MR) is 175 cm³/mol. The Bertz CT molecular complexity index is 1580. The Morgan fingerprint density at radius 2 is 1.09 bits per heavy atom. The van der Waals surface area contributed by atoms with Crippen LogP contribution in [0.15, 0.2) is 60.9 Å². The molecule has 0 bridgehead atoms. The van der Waals surface area contributed by atoms with Crippen molar-refractivity contribution in [3.05, 3.63) is 72.1 Å². The first-order valence-electron chi connectivity index (χ1n) is 15.0. The first-order valence-corrected chi connectivity index (χ1v) is 15.0. The van der Waals surface area contributed by atoms with Crippen LogP contribution < -0.4 is 28.4 Å². The minimum absolute atomic E-state index is 0.0112. The van der Waals surface area contributed by atoms with E-state index in [-0.39, 0.29) is 12.6 Å². The summed E-state index contributed by atoms with van der Waals surface area (Å²) in [4.78, 5) is 13.9. The second kappa shape index (κ2) is 15.1. The molecule has 0 saturated carbocycles. The van der Waals surface area contributed by atoms with Gasteiger partial charge in [0.25, 0.3) is 0 Å². The summed E-state index contributed by atoms with van der Waals surface area (Å²) < 4.78 is 33.1. The number of pyridine rings is 2. The third-order valence-corrected chi connectivity index (χ3v) is 8.26. The van der Waals surface area contributed by atoms with Crippen LogP contribution >= 0.6 is 0 Å². The Hall–Kier alpha value is -4.58. The molecule has 244 valence electrons. The van der Waals surface area contributed by atoms with E-state index in [2.05, 4.69) is 31.9 Å². The van der Waals surface area contributed by atoms with Crippen molar-refractivity contribution in [2.45, 2.75) is 19.1 Å². The molecule has 1 fully saturated rings. The molecule has 1 aliphatic rings. The minimum Gasteiger partial charge on any atom is -0.493 e. The number of aliphatic hydroxyl groups excluding tert-OH is 1. The quantitative estimate of drug-likeness (QED) is 0.225. The van der Waals surface area contributed by atoms with Crippen molar-refractivity contribution in [3.8, 4) is 57.0 Å². The number of aliphatic hydroxyl groups is 1. The normalized spacial score (nSPS) is 15.3. The van der Waals surface area contributed by atoms with Crippen molar-refractivity contribution in [1.29, 1.82) is 0 Å². The van der Waals surface area contributed by atoms with Crippen LogP contribution in [0.3, 0.4) is 0 Å². The molecule has 3 heterocycles. The van der Waals surface area contributed by atoms with Crippen molar-refractivity contribution in [2.75, 3.05) is 68.9 Å². The smallest absolute Gasteiger partial charge is 0.203 e. The Balaban J connectivity index is 1.28. The highest BCUT2D eigenvalue weighted by molar-refractivity contribution is 5.70. The van der Waals surface area contributed by atoms with Gasteiger partial charge < -0.3 is 33.5 Å². The summed E-state index contributed by atoms with van der Waals surface area (Å²) in [6.45, 7) is 3.92. The molecule has 0 amide bonds. The SMILES string of the molecule is COc1cc(-c2cc(CN3CCN(Cc4ccnc(-c5cc(OC)c(OC)c(OC)c5)c4)C(CO)C3)ccn2)cc(OC)c1OC. The minimum atomic E-state index is -0.0112. The average molecular weight is 631 g/mol. The third-order valence-electron chi connectivity index (χ3n) is 8.26. The van der Waals surface area contributed by atoms with Crippen molar-refractivity contribution >= 4 is 0 Å². The molecule has 1 unspecified atom stereocenters. The fraction of sp³-hybridized carbons (Fsp3) is 0.371. The molecule has 4 aromatic rings. The van der Waals surface area contributed by atoms with Gasteiger partial charge in [0.2, 0.25) is 11.5 Å². The van der Waals surface area contributed by atoms with E-state index in [0.717, 1.165) is 59.8 Å². The molecule has 2 aromatic heterocycles. The molecule has 5 rings (SSSR count). The summed E-state index contributed by atoms with van der Waals surface area (Å²) in [6, 6.07) is 15.8. The summed E-state index contributed by atoms with van der Waals surface area (Å²) in [5.41, 5.74) is 5.59. The molecule has 0 spiro atoms. The van der Waals surface area contributed by atoms with Gasteiger partial charge in [-0.15, -0.1) is 0 Å². The third kappa shape index (κ3) is 7.12. The van der Waals surface area contributed by atoms with E-state index in [9.17, 15) is 5.11 Å². The predicted octanol–water partition coefficient (Wildman–Crippen LogP) is 4.54. The summed E-state index contributed by atoms with van der Waals surface area (Å²) in [5.74, 6) is 3.39. The number of methoxy groups -OCH3 is 6. The molecule has 1 N–H and O–H groups in total. The van der Waals surface area contributed by atoms with Crippen molar-refractivity contribution in [1.82, 2.24) is 19.8 Å². The molecule has 0 aliphatic carbocycles. The lowest BCUT2D eigenvalue weighted by molar-refractivity contribution is 0.0316. The van der Waals surface area contributed by atoms with Crippen LogP contribution in [0.25, 0.3) is 22.5 Å². The zero-order valence-corrected chi connectivity index (χ0v) is 27.3. The zero-order valence-electron chi connectivity index (χ0n) is 27.3. The van der Waals surface area contributed by atoms with Crippen LogP contribution in [0.4, 0.5) is 0 Å². The van der Waals surface area contributed by atoms with E-state index in [0.29, 0.717) is 41.0 Å². The van der Waals surface area contributed by atoms with Crippen LogP contribution in [-0.4, -0.2) is 99.8 Å². The molecule has 1 atom stereocenters. The number of ether oxygens (including phenoxy) is 6. The fourth-order valence-electron chi connectivity index (χ4n) is 5.89. The topological polar surface area (TPSA) is 108 Å². The van der Waals surface area contributed by atoms with Crippen LogP contribution in [0, 0.1) is 0 Å². The van der Waals surface area contributed by atoms with E-state index >= 15 is 0 Å². The Morgan fingerprint density at radius 3 is 1.50 bits per heavy atom. The number of hydrogen-bond donors (Lipinski definition) is 1. The summed E-state index contributed by atoms with van der Waals surface area (Å²) in [6.07, 6.45) is 3.63. The molecular weight excluding hydrogens is 588 g/mol. The van der Waals surface area contributed by atoms with Gasteiger partial charge in [-0.25, -0.2) is 0 Å². The number of benzene rings is 2. The lowest BCUT2D eigenvalue weighted by Gasteiger charge is -2.40. The average Bonchev–Trinajstić information content (AvgIpc) is 3.10. The maximum atomic E-state index is 10.4. The highest BCUT2D eigenvalue weighted by Gasteiger charge is 2.27. The van der Waals surface area contributed by atoms with Crippen LogP contribution in [0.2, 0.25) is 0 Å². The van der Waals surface area contributed by atoms with E-state index in [1.807, 2.05) is 48.8 Å². The van der Waals surface area contributed by atoms with Crippen molar-refractivity contribution in [2.24, 2.45) is 0 Å². The second-order valence-electron chi connectivity index (χ2n) is 11.0. The summed E-state index contributed by atoms with van der Waals surface area (Å²) in [7, 11) is 9.58. The molecule has 2 aromatic carbocycles. The zero-order chi connectivity index (χ0) is 32.6. The van der Waals surface area contributed by atoms with Crippen molar-refractivity contribution in [3.63, 3.8) is 0 Å². The Morgan fingerprint density at radius 1 is 0.630 bits per heavy atom. The maximum Gasteiger partial charge on any atom is 0.203 e. The highest BCUT2D eigenvalue weighted by Crippen LogP contribution is 2.42. The largest absolute Gasteiger partial charge is 0.493 e. The lowest BCUT2D eigenvalue weighted by Crippen LogP contribution is -2.53. The molecule has 46 heavy (non-hydrogen) atoms. The van der Waals surface area contributed by atoms with Gasteiger partial charge in [0, 0.05) is 62.3 Å². The van der Waals surface area contributed by atoms with Crippen LogP contribution in [0.1, 0.15) is 11.1 Å². The number of aromatic nitrogens is 2. The van der Waals surface area contributed by atoms with E-state index in [1.54, 1.807) is 42.7 Å². The maximum absolute atomic E-state index is 10.4. The number of piperazine rings is 1. The molecule has 1 aliphatic heterocycles. The van der Waals surface area contributed by atoms with Gasteiger partial charge in [0.15, 0.2) is 23.0 Å². The van der Waals surface area contributed by atoms with Crippen LogP contribution in [0.5, 0.6) is 34.5 Å². The van der Waals surface area contributed by atoms with Gasteiger partial charge >= 0.3 is 0 Å². The van der Waals surface area contributed by atoms with Gasteiger partial charge in [0.1, 0.15) is 0 Å². The second-order valence-corrected chi connectivity index (χ2v) is 11.0. The highest BCUT2D eigenvalue weighted by atomic mass is 16.5. The molecule has 1 saturated heterocycles. The monoisotopic (exact) mass is 630 g/mol. The first kappa shape index (κ1) is 32.8. The van der Waals surface area contributed by atoms with Gasteiger partial charge in [-0.3, -0.25) is 19.8 Å². The van der Waals surface area contributed by atoms with Crippen molar-refractivity contribution < 1.29 is 33.5 Å². The number of hydrogen-bond acceptors (Lipinski definition) is 11. The summed E-state index contributed by atoms with van der Waals surface area (Å²) >= 11 is 0. The van der Waals surface area contributed by atoms with Gasteiger partial charge in [-0.1, -0.05) is 0 Å². The van der Waals surface area contributed by atoms with Crippen LogP contribution in [-0.2, 0) is 13.1 Å². The molecular formula is C35H42N4O7. The van der Waals surface area contributed by atoms with Gasteiger partial charge in [0.05, 0.1) is 60.7 Å². The van der Waals surface area contributed by atoms with E-state index in [1.165, 1.54) is 0 Å². The summed E-state index contributed by atoms with van der Waals surface area (Å²) in [5, 5.41) is 10.4. The lowest BCUT2D eigenvalue weighted by atomic mass is 10.1. The number of nitrogens with zero attached hydrogens (tertiary/aromatic N) is 4. The Kier molecular flexibility index (Phi) is 10.8. The van der Waals surface area contributed by atoms with E-state index < -0.39 is 0 Å². The van der Waals surface area contributed by atoms with E-state index in [4.69, 9.17) is 28.4 Å². The molecule has 11 nitrogen and oxygen atoms in total. The molecule has 0 radical (unpaired) electrons.